The third-order valence-corrected chi connectivity index (χ3v) is 4.23. The molecule has 2 amide bonds. The maximum absolute atomic E-state index is 13.2. The molecule has 1 fully saturated rings. The number of hydrogen-bond acceptors (Lipinski definition) is 3. The number of nitrogens with zero attached hydrogens (tertiary/aromatic N) is 1. The second kappa shape index (κ2) is 7.98. The van der Waals surface area contributed by atoms with Gasteiger partial charge >= 0.3 is 6.03 Å². The molecule has 1 atom stereocenters. The van der Waals surface area contributed by atoms with Gasteiger partial charge in [0.25, 0.3) is 0 Å². The van der Waals surface area contributed by atoms with Crippen molar-refractivity contribution in [1.82, 2.24) is 4.90 Å². The van der Waals surface area contributed by atoms with Crippen LogP contribution >= 0.6 is 0 Å². The van der Waals surface area contributed by atoms with Gasteiger partial charge in [-0.15, -0.1) is 0 Å². The Kier molecular flexibility index (Phi) is 5.50. The molecule has 0 saturated carbocycles. The van der Waals surface area contributed by atoms with E-state index >= 15 is 0 Å². The molecule has 0 aromatic heterocycles. The van der Waals surface area contributed by atoms with Gasteiger partial charge in [0.1, 0.15) is 18.2 Å². The van der Waals surface area contributed by atoms with Crippen molar-refractivity contribution in [3.8, 4) is 5.75 Å². The molecule has 6 heteroatoms. The molecule has 1 aliphatic rings. The third kappa shape index (κ3) is 4.48. The SMILES string of the molecule is O=C(Nc1cccc(COc2cccc(F)c2)c1)N1CCC[C@@H]1CO. The molecule has 25 heavy (non-hydrogen) atoms. The number of nitrogens with one attached hydrogen (secondary N) is 1. The number of ether oxygens (including phenoxy) is 1. The third-order valence-electron chi connectivity index (χ3n) is 4.23. The number of carbonyl (C=O) groups excluding carboxylic acids is 1. The van der Waals surface area contributed by atoms with E-state index in [4.69, 9.17) is 4.74 Å². The summed E-state index contributed by atoms with van der Waals surface area (Å²) in [6.45, 7) is 0.907. The number of benzene rings is 2. The first-order chi connectivity index (χ1) is 12.2. The first-order valence-corrected chi connectivity index (χ1v) is 8.31. The molecule has 0 unspecified atom stereocenters. The van der Waals surface area contributed by atoms with E-state index in [-0.39, 0.29) is 31.1 Å². The molecule has 1 heterocycles. The Morgan fingerprint density at radius 3 is 2.92 bits per heavy atom. The van der Waals surface area contributed by atoms with Crippen LogP contribution in [0.3, 0.4) is 0 Å². The highest BCUT2D eigenvalue weighted by Gasteiger charge is 2.27. The molecule has 0 spiro atoms. The largest absolute Gasteiger partial charge is 0.489 e. The van der Waals surface area contributed by atoms with Crippen LogP contribution in [0.5, 0.6) is 5.75 Å². The fourth-order valence-electron chi connectivity index (χ4n) is 2.95. The van der Waals surface area contributed by atoms with Crippen LogP contribution < -0.4 is 10.1 Å². The van der Waals surface area contributed by atoms with Crippen molar-refractivity contribution in [1.29, 1.82) is 0 Å². The minimum atomic E-state index is -0.345. The number of anilines is 1. The van der Waals surface area contributed by atoms with E-state index in [1.165, 1.54) is 12.1 Å². The lowest BCUT2D eigenvalue weighted by atomic mass is 10.2. The predicted molar refractivity (Wildman–Crippen MR) is 93.0 cm³/mol. The number of likely N-dealkylation sites (tertiary alicyclic amines) is 1. The van der Waals surface area contributed by atoms with Crippen LogP contribution in [-0.2, 0) is 6.61 Å². The van der Waals surface area contributed by atoms with Crippen molar-refractivity contribution < 1.29 is 19.0 Å². The summed E-state index contributed by atoms with van der Waals surface area (Å²) in [4.78, 5) is 14.0. The molecule has 2 aromatic carbocycles. The van der Waals surface area contributed by atoms with Gasteiger partial charge in [-0.1, -0.05) is 18.2 Å². The molecule has 1 saturated heterocycles. The fraction of sp³-hybridized carbons (Fsp3) is 0.316. The minimum absolute atomic E-state index is 0.0189. The Bertz CT molecular complexity index is 738. The Morgan fingerprint density at radius 1 is 1.28 bits per heavy atom. The average Bonchev–Trinajstić information content (AvgIpc) is 3.09. The first kappa shape index (κ1) is 17.2. The second-order valence-electron chi connectivity index (χ2n) is 6.05. The highest BCUT2D eigenvalue weighted by atomic mass is 19.1. The van der Waals surface area contributed by atoms with Gasteiger partial charge < -0.3 is 20.1 Å². The van der Waals surface area contributed by atoms with Crippen molar-refractivity contribution in [2.24, 2.45) is 0 Å². The van der Waals surface area contributed by atoms with Gasteiger partial charge in [-0.3, -0.25) is 0 Å². The monoisotopic (exact) mass is 344 g/mol. The smallest absolute Gasteiger partial charge is 0.322 e. The molecule has 2 aromatic rings. The zero-order valence-electron chi connectivity index (χ0n) is 13.8. The van der Waals surface area contributed by atoms with Gasteiger partial charge in [-0.25, -0.2) is 9.18 Å². The summed E-state index contributed by atoms with van der Waals surface area (Å²) in [5.41, 5.74) is 1.52. The molecule has 3 rings (SSSR count). The summed E-state index contributed by atoms with van der Waals surface area (Å²) in [5.74, 6) is 0.111. The van der Waals surface area contributed by atoms with Crippen molar-refractivity contribution in [2.45, 2.75) is 25.5 Å². The van der Waals surface area contributed by atoms with E-state index in [9.17, 15) is 14.3 Å². The fourth-order valence-corrected chi connectivity index (χ4v) is 2.95. The van der Waals surface area contributed by atoms with Crippen molar-refractivity contribution in [3.05, 3.63) is 59.9 Å². The van der Waals surface area contributed by atoms with E-state index in [0.717, 1.165) is 18.4 Å². The molecule has 0 radical (unpaired) electrons. The van der Waals surface area contributed by atoms with Crippen molar-refractivity contribution >= 4 is 11.7 Å². The van der Waals surface area contributed by atoms with E-state index in [0.29, 0.717) is 18.0 Å². The van der Waals surface area contributed by atoms with Crippen LogP contribution in [0.4, 0.5) is 14.9 Å². The molecular formula is C19H21FN2O3. The first-order valence-electron chi connectivity index (χ1n) is 8.31. The highest BCUT2D eigenvalue weighted by molar-refractivity contribution is 5.89. The van der Waals surface area contributed by atoms with Gasteiger partial charge in [0.15, 0.2) is 0 Å². The summed E-state index contributed by atoms with van der Waals surface area (Å²) in [6, 6.07) is 13.0. The van der Waals surface area contributed by atoms with Crippen LogP contribution in [0.25, 0.3) is 0 Å². The number of carbonyl (C=O) groups is 1. The Hall–Kier alpha value is -2.60. The van der Waals surface area contributed by atoms with Gasteiger partial charge in [-0.2, -0.15) is 0 Å². The highest BCUT2D eigenvalue weighted by Crippen LogP contribution is 2.20. The Morgan fingerprint density at radius 2 is 2.12 bits per heavy atom. The van der Waals surface area contributed by atoms with Gasteiger partial charge in [0, 0.05) is 18.3 Å². The summed E-state index contributed by atoms with van der Waals surface area (Å²) in [7, 11) is 0. The zero-order chi connectivity index (χ0) is 17.6. The second-order valence-corrected chi connectivity index (χ2v) is 6.05. The van der Waals surface area contributed by atoms with Crippen LogP contribution in [-0.4, -0.2) is 35.2 Å². The Labute approximate surface area is 146 Å². The Balaban J connectivity index is 1.60. The van der Waals surface area contributed by atoms with Crippen LogP contribution in [0.15, 0.2) is 48.5 Å². The lowest BCUT2D eigenvalue weighted by molar-refractivity contribution is 0.166. The lowest BCUT2D eigenvalue weighted by Crippen LogP contribution is -2.40. The minimum Gasteiger partial charge on any atom is -0.489 e. The number of urea groups is 1. The predicted octanol–water partition coefficient (Wildman–Crippen LogP) is 3.39. The molecule has 0 bridgehead atoms. The van der Waals surface area contributed by atoms with Gasteiger partial charge in [-0.05, 0) is 42.7 Å². The number of aliphatic hydroxyl groups excluding tert-OH is 1. The van der Waals surface area contributed by atoms with Crippen molar-refractivity contribution in [3.63, 3.8) is 0 Å². The van der Waals surface area contributed by atoms with E-state index in [2.05, 4.69) is 5.32 Å². The lowest BCUT2D eigenvalue weighted by Gasteiger charge is -2.23. The maximum atomic E-state index is 13.2. The van der Waals surface area contributed by atoms with Crippen LogP contribution in [0, 0.1) is 5.82 Å². The summed E-state index contributed by atoms with van der Waals surface area (Å²) < 4.78 is 18.7. The number of amides is 2. The van der Waals surface area contributed by atoms with E-state index in [1.807, 2.05) is 18.2 Å². The van der Waals surface area contributed by atoms with Crippen LogP contribution in [0.2, 0.25) is 0 Å². The maximum Gasteiger partial charge on any atom is 0.322 e. The zero-order valence-corrected chi connectivity index (χ0v) is 13.8. The quantitative estimate of drug-likeness (QED) is 0.874. The average molecular weight is 344 g/mol. The number of rotatable bonds is 5. The number of aliphatic hydroxyl groups is 1. The van der Waals surface area contributed by atoms with Crippen molar-refractivity contribution in [2.75, 3.05) is 18.5 Å². The molecule has 132 valence electrons. The standard InChI is InChI=1S/C19H21FN2O3/c20-15-5-2-8-18(11-15)25-13-14-4-1-6-16(10-14)21-19(24)22-9-3-7-17(22)12-23/h1-2,4-6,8,10-11,17,23H,3,7,9,12-13H2,(H,21,24)/t17-/m1/s1. The topological polar surface area (TPSA) is 61.8 Å². The number of hydrogen-bond donors (Lipinski definition) is 2. The molecule has 5 nitrogen and oxygen atoms in total. The summed E-state index contributed by atoms with van der Waals surface area (Å²) in [5, 5.41) is 12.2. The molecule has 0 aliphatic carbocycles. The van der Waals surface area contributed by atoms with E-state index < -0.39 is 0 Å². The molecule has 2 N–H and O–H groups in total. The molecule has 1 aliphatic heterocycles. The normalized spacial score (nSPS) is 16.7. The molecular weight excluding hydrogens is 323 g/mol. The van der Waals surface area contributed by atoms with Gasteiger partial charge in [0.05, 0.1) is 12.6 Å². The summed E-state index contributed by atoms with van der Waals surface area (Å²) in [6.07, 6.45) is 1.73. The van der Waals surface area contributed by atoms with E-state index in [1.54, 1.807) is 23.1 Å². The number of halogens is 1. The van der Waals surface area contributed by atoms with Gasteiger partial charge in [0.2, 0.25) is 0 Å². The van der Waals surface area contributed by atoms with Crippen LogP contribution in [0.1, 0.15) is 18.4 Å². The summed E-state index contributed by atoms with van der Waals surface area (Å²) >= 11 is 0.